The van der Waals surface area contributed by atoms with Gasteiger partial charge in [0.1, 0.15) is 0 Å². The molecule has 0 amide bonds. The summed E-state index contributed by atoms with van der Waals surface area (Å²) in [4.78, 5) is 2.22. The van der Waals surface area contributed by atoms with E-state index in [1.54, 1.807) is 0 Å². The van der Waals surface area contributed by atoms with Crippen LogP contribution in [0.4, 0.5) is 0 Å². The van der Waals surface area contributed by atoms with Gasteiger partial charge in [-0.2, -0.15) is 0 Å². The average Bonchev–Trinajstić information content (AvgIpc) is 2.45. The van der Waals surface area contributed by atoms with Crippen LogP contribution in [-0.2, 0) is 4.74 Å². The van der Waals surface area contributed by atoms with Gasteiger partial charge in [0.05, 0.1) is 11.7 Å². The van der Waals surface area contributed by atoms with Gasteiger partial charge in [-0.1, -0.05) is 0 Å². The lowest BCUT2D eigenvalue weighted by molar-refractivity contribution is 0.0303. The summed E-state index contributed by atoms with van der Waals surface area (Å²) in [6, 6.07) is 0. The summed E-state index contributed by atoms with van der Waals surface area (Å²) in [5.41, 5.74) is 5.07. The van der Waals surface area contributed by atoms with Crippen LogP contribution >= 0.6 is 0 Å². The van der Waals surface area contributed by atoms with Crippen molar-refractivity contribution in [1.29, 1.82) is 0 Å². The molecule has 0 radical (unpaired) electrons. The number of hydrogen-bond donors (Lipinski definition) is 2. The highest BCUT2D eigenvalue weighted by Crippen LogP contribution is 2.20. The lowest BCUT2D eigenvalue weighted by Crippen LogP contribution is -2.39. The molecule has 1 aliphatic heterocycles. The third-order valence-electron chi connectivity index (χ3n) is 2.66. The number of nitrogens with zero attached hydrogens (tertiary/aromatic N) is 1. The van der Waals surface area contributed by atoms with Crippen molar-refractivity contribution >= 4 is 0 Å². The molecule has 1 rings (SSSR count). The Hall–Kier alpha value is -0.160. The van der Waals surface area contributed by atoms with E-state index in [9.17, 15) is 5.11 Å². The third kappa shape index (κ3) is 3.53. The molecule has 0 saturated carbocycles. The highest BCUT2D eigenvalue weighted by Gasteiger charge is 2.32. The van der Waals surface area contributed by atoms with Crippen molar-refractivity contribution in [2.45, 2.75) is 32.0 Å². The number of likely N-dealkylation sites (tertiary alicyclic amines) is 1. The molecule has 0 aromatic heterocycles. The number of nitrogens with two attached hydrogens (primary N) is 1. The Kier molecular flexibility index (Phi) is 4.31. The first-order valence-electron chi connectivity index (χ1n) is 5.34. The zero-order chi connectivity index (χ0) is 10.6. The first kappa shape index (κ1) is 11.9. The van der Waals surface area contributed by atoms with Crippen molar-refractivity contribution in [3.63, 3.8) is 0 Å². The summed E-state index contributed by atoms with van der Waals surface area (Å²) < 4.78 is 5.47. The Morgan fingerprint density at radius 1 is 1.64 bits per heavy atom. The fourth-order valence-corrected chi connectivity index (χ4v) is 1.91. The van der Waals surface area contributed by atoms with E-state index in [1.807, 2.05) is 13.8 Å². The predicted molar refractivity (Wildman–Crippen MR) is 56.1 cm³/mol. The van der Waals surface area contributed by atoms with E-state index in [0.29, 0.717) is 13.2 Å². The van der Waals surface area contributed by atoms with Crippen LogP contribution in [-0.4, -0.2) is 54.5 Å². The van der Waals surface area contributed by atoms with Crippen molar-refractivity contribution in [2.24, 2.45) is 5.73 Å². The fourth-order valence-electron chi connectivity index (χ4n) is 1.91. The normalized spacial score (nSPS) is 30.9. The molecule has 0 aromatic rings. The van der Waals surface area contributed by atoms with Gasteiger partial charge in [0.15, 0.2) is 0 Å². The van der Waals surface area contributed by atoms with E-state index in [2.05, 4.69) is 4.90 Å². The maximum atomic E-state index is 9.77. The van der Waals surface area contributed by atoms with Gasteiger partial charge in [-0.3, -0.25) is 4.90 Å². The second-order valence-corrected chi connectivity index (χ2v) is 4.30. The van der Waals surface area contributed by atoms with Gasteiger partial charge in [0.2, 0.25) is 0 Å². The Morgan fingerprint density at radius 2 is 2.36 bits per heavy atom. The molecule has 4 nitrogen and oxygen atoms in total. The lowest BCUT2D eigenvalue weighted by atomic mass is 10.1. The van der Waals surface area contributed by atoms with Crippen molar-refractivity contribution < 1.29 is 9.84 Å². The minimum Gasteiger partial charge on any atom is -0.389 e. The van der Waals surface area contributed by atoms with Crippen LogP contribution in [0.25, 0.3) is 0 Å². The zero-order valence-electron chi connectivity index (χ0n) is 9.20. The molecule has 3 N–H and O–H groups in total. The number of β-amino-alcohol motifs (C(OH)–C–C–N with tert-alkyl or cyclic N) is 1. The van der Waals surface area contributed by atoms with Gasteiger partial charge in [0.25, 0.3) is 0 Å². The number of hydrogen-bond acceptors (Lipinski definition) is 4. The summed E-state index contributed by atoms with van der Waals surface area (Å²) in [5.74, 6) is 0. The molecule has 2 atom stereocenters. The predicted octanol–water partition coefficient (Wildman–Crippen LogP) is -0.193. The fraction of sp³-hybridized carbons (Fsp3) is 1.00. The van der Waals surface area contributed by atoms with E-state index in [-0.39, 0.29) is 6.10 Å². The van der Waals surface area contributed by atoms with E-state index in [4.69, 9.17) is 10.5 Å². The smallest absolute Gasteiger partial charge is 0.0823 e. The molecule has 0 bridgehead atoms. The van der Waals surface area contributed by atoms with Crippen LogP contribution in [0, 0.1) is 0 Å². The van der Waals surface area contributed by atoms with Crippen molar-refractivity contribution in [3.05, 3.63) is 0 Å². The second-order valence-electron chi connectivity index (χ2n) is 4.30. The maximum absolute atomic E-state index is 9.77. The molecule has 14 heavy (non-hydrogen) atoms. The summed E-state index contributed by atoms with van der Waals surface area (Å²) in [6.45, 7) is 7.61. The molecular weight excluding hydrogens is 180 g/mol. The van der Waals surface area contributed by atoms with Crippen molar-refractivity contribution in [2.75, 3.05) is 32.8 Å². The number of ether oxygens (including phenoxy) is 1. The van der Waals surface area contributed by atoms with Crippen LogP contribution in [0.2, 0.25) is 0 Å². The van der Waals surface area contributed by atoms with Crippen LogP contribution < -0.4 is 5.73 Å². The van der Waals surface area contributed by atoms with Crippen molar-refractivity contribution in [3.8, 4) is 0 Å². The van der Waals surface area contributed by atoms with Crippen LogP contribution in [0.3, 0.4) is 0 Å². The van der Waals surface area contributed by atoms with Gasteiger partial charge in [-0.25, -0.2) is 0 Å². The first-order chi connectivity index (χ1) is 6.57. The topological polar surface area (TPSA) is 58.7 Å². The quantitative estimate of drug-likeness (QED) is 0.648. The van der Waals surface area contributed by atoms with Crippen LogP contribution in [0.1, 0.15) is 20.3 Å². The molecule has 0 spiro atoms. The third-order valence-corrected chi connectivity index (χ3v) is 2.66. The molecular formula is C10H22N2O2. The SMILES string of the molecule is CCOC(CN)CN1CCC(C)(O)C1. The summed E-state index contributed by atoms with van der Waals surface area (Å²) in [6.07, 6.45) is 0.949. The van der Waals surface area contributed by atoms with E-state index in [1.165, 1.54) is 0 Å². The first-order valence-corrected chi connectivity index (χ1v) is 5.34. The highest BCUT2D eigenvalue weighted by atomic mass is 16.5. The van der Waals surface area contributed by atoms with E-state index in [0.717, 1.165) is 26.1 Å². The molecule has 1 heterocycles. The molecule has 84 valence electrons. The largest absolute Gasteiger partial charge is 0.389 e. The molecule has 1 saturated heterocycles. The summed E-state index contributed by atoms with van der Waals surface area (Å²) >= 11 is 0. The Bertz CT molecular complexity index is 174. The van der Waals surface area contributed by atoms with E-state index < -0.39 is 5.60 Å². The average molecular weight is 202 g/mol. The number of aliphatic hydroxyl groups is 1. The van der Waals surface area contributed by atoms with Gasteiger partial charge in [0, 0.05) is 32.8 Å². The minimum absolute atomic E-state index is 0.105. The Labute approximate surface area is 86.0 Å². The summed E-state index contributed by atoms with van der Waals surface area (Å²) in [5, 5.41) is 9.77. The zero-order valence-corrected chi connectivity index (χ0v) is 9.20. The highest BCUT2D eigenvalue weighted by molar-refractivity contribution is 4.87. The molecule has 4 heteroatoms. The Morgan fingerprint density at radius 3 is 2.79 bits per heavy atom. The van der Waals surface area contributed by atoms with Gasteiger partial charge in [-0.05, 0) is 20.3 Å². The van der Waals surface area contributed by atoms with Gasteiger partial charge < -0.3 is 15.6 Å². The standard InChI is InChI=1S/C10H22N2O2/c1-3-14-9(6-11)7-12-5-4-10(2,13)8-12/h9,13H,3-8,11H2,1-2H3. The van der Waals surface area contributed by atoms with Crippen LogP contribution in [0.15, 0.2) is 0 Å². The Balaban J connectivity index is 2.30. The second kappa shape index (κ2) is 5.07. The lowest BCUT2D eigenvalue weighted by Gasteiger charge is -2.23. The molecule has 1 aliphatic rings. The maximum Gasteiger partial charge on any atom is 0.0823 e. The molecule has 1 fully saturated rings. The number of rotatable bonds is 5. The van der Waals surface area contributed by atoms with Gasteiger partial charge >= 0.3 is 0 Å². The van der Waals surface area contributed by atoms with Crippen molar-refractivity contribution in [1.82, 2.24) is 4.90 Å². The molecule has 0 aliphatic carbocycles. The molecule has 0 aromatic carbocycles. The van der Waals surface area contributed by atoms with Gasteiger partial charge in [-0.15, -0.1) is 0 Å². The van der Waals surface area contributed by atoms with E-state index >= 15 is 0 Å². The van der Waals surface area contributed by atoms with Crippen LogP contribution in [0.5, 0.6) is 0 Å². The summed E-state index contributed by atoms with van der Waals surface area (Å²) in [7, 11) is 0. The minimum atomic E-state index is -0.522. The monoisotopic (exact) mass is 202 g/mol. The molecule has 2 unspecified atom stereocenters.